The molecule has 5 rings (SSSR count). The number of piperazine rings is 1. The van der Waals surface area contributed by atoms with Crippen LogP contribution in [0.2, 0.25) is 4.34 Å². The van der Waals surface area contributed by atoms with Crippen LogP contribution >= 0.6 is 34.7 Å². The maximum Gasteiger partial charge on any atom is 0.233 e. The van der Waals surface area contributed by atoms with Crippen molar-refractivity contribution >= 4 is 46.6 Å². The van der Waals surface area contributed by atoms with Crippen LogP contribution in [0, 0.1) is 0 Å². The molecule has 168 valence electrons. The highest BCUT2D eigenvalue weighted by atomic mass is 35.5. The SMILES string of the molecule is O=C(CSc1nnc(N2CCCCC2)n1C1CC1)N1CCN(Cc2ccc(Cl)s2)CC1. The summed E-state index contributed by atoms with van der Waals surface area (Å²) in [5.74, 6) is 1.65. The van der Waals surface area contributed by atoms with Gasteiger partial charge in [0.1, 0.15) is 0 Å². The number of amides is 1. The number of thioether (sulfide) groups is 1. The number of anilines is 1. The van der Waals surface area contributed by atoms with Gasteiger partial charge in [-0.1, -0.05) is 23.4 Å². The number of nitrogens with zero attached hydrogens (tertiary/aromatic N) is 6. The van der Waals surface area contributed by atoms with Crippen molar-refractivity contribution in [2.75, 3.05) is 49.9 Å². The third-order valence-corrected chi connectivity index (χ3v) is 8.40. The molecule has 10 heteroatoms. The van der Waals surface area contributed by atoms with Gasteiger partial charge in [0.25, 0.3) is 0 Å². The van der Waals surface area contributed by atoms with E-state index < -0.39 is 0 Å². The van der Waals surface area contributed by atoms with E-state index in [4.69, 9.17) is 11.6 Å². The zero-order valence-electron chi connectivity index (χ0n) is 17.7. The summed E-state index contributed by atoms with van der Waals surface area (Å²) in [5.41, 5.74) is 0. The fourth-order valence-corrected chi connectivity index (χ4v) is 6.39. The zero-order valence-corrected chi connectivity index (χ0v) is 20.1. The van der Waals surface area contributed by atoms with E-state index in [0.717, 1.165) is 61.3 Å². The van der Waals surface area contributed by atoms with Crippen molar-refractivity contribution in [2.24, 2.45) is 0 Å². The minimum Gasteiger partial charge on any atom is -0.341 e. The van der Waals surface area contributed by atoms with Crippen molar-refractivity contribution in [3.8, 4) is 0 Å². The molecule has 0 unspecified atom stereocenters. The van der Waals surface area contributed by atoms with Crippen LogP contribution in [-0.4, -0.2) is 75.5 Å². The maximum atomic E-state index is 12.8. The van der Waals surface area contributed by atoms with Gasteiger partial charge in [-0.05, 0) is 44.2 Å². The molecule has 2 aromatic heterocycles. The van der Waals surface area contributed by atoms with Crippen molar-refractivity contribution in [1.29, 1.82) is 0 Å². The van der Waals surface area contributed by atoms with E-state index in [0.29, 0.717) is 11.8 Å². The molecule has 2 saturated heterocycles. The summed E-state index contributed by atoms with van der Waals surface area (Å²) in [6.07, 6.45) is 6.14. The second kappa shape index (κ2) is 9.68. The number of halogens is 1. The zero-order chi connectivity index (χ0) is 21.2. The molecule has 0 bridgehead atoms. The lowest BCUT2D eigenvalue weighted by atomic mass is 10.1. The fraction of sp³-hybridized carbons (Fsp3) is 0.667. The van der Waals surface area contributed by atoms with Crippen molar-refractivity contribution in [3.05, 3.63) is 21.3 Å². The van der Waals surface area contributed by atoms with Gasteiger partial charge in [0, 0.05) is 56.7 Å². The lowest BCUT2D eigenvalue weighted by Gasteiger charge is -2.34. The van der Waals surface area contributed by atoms with E-state index in [1.165, 1.54) is 37.0 Å². The highest BCUT2D eigenvalue weighted by Gasteiger charge is 2.32. The van der Waals surface area contributed by atoms with E-state index in [1.54, 1.807) is 23.1 Å². The van der Waals surface area contributed by atoms with Crippen LogP contribution < -0.4 is 4.90 Å². The molecule has 1 aliphatic carbocycles. The fourth-order valence-electron chi connectivity index (χ4n) is 4.36. The second-order valence-corrected chi connectivity index (χ2v) is 11.3. The highest BCUT2D eigenvalue weighted by molar-refractivity contribution is 7.99. The van der Waals surface area contributed by atoms with Crippen molar-refractivity contribution in [1.82, 2.24) is 24.6 Å². The molecule has 0 N–H and O–H groups in total. The summed E-state index contributed by atoms with van der Waals surface area (Å²) < 4.78 is 3.14. The average molecular weight is 481 g/mol. The van der Waals surface area contributed by atoms with Crippen LogP contribution in [0.1, 0.15) is 43.0 Å². The number of carbonyl (C=O) groups excluding carboxylic acids is 1. The minimum atomic E-state index is 0.202. The molecule has 1 saturated carbocycles. The molecule has 0 spiro atoms. The van der Waals surface area contributed by atoms with Crippen LogP contribution in [0.3, 0.4) is 0 Å². The molecule has 31 heavy (non-hydrogen) atoms. The Morgan fingerprint density at radius 3 is 2.52 bits per heavy atom. The van der Waals surface area contributed by atoms with Gasteiger partial charge in [-0.15, -0.1) is 21.5 Å². The Hall–Kier alpha value is -1.29. The standard InChI is InChI=1S/C21H29ClN6OS2/c22-18-7-6-17(31-18)14-25-10-12-26(13-11-25)19(29)15-30-21-24-23-20(28(21)16-4-5-16)27-8-2-1-3-9-27/h6-7,16H,1-5,8-15H2. The lowest BCUT2D eigenvalue weighted by molar-refractivity contribution is -0.130. The Bertz CT molecular complexity index is 900. The largest absolute Gasteiger partial charge is 0.341 e. The van der Waals surface area contributed by atoms with Crippen LogP contribution in [0.4, 0.5) is 5.95 Å². The van der Waals surface area contributed by atoms with Gasteiger partial charge in [-0.2, -0.15) is 0 Å². The first kappa shape index (κ1) is 21.6. The number of carbonyl (C=O) groups is 1. The molecule has 0 radical (unpaired) electrons. The molecule has 2 aromatic rings. The molecule has 7 nitrogen and oxygen atoms in total. The first-order valence-corrected chi connectivity index (χ1v) is 13.4. The predicted molar refractivity (Wildman–Crippen MR) is 126 cm³/mol. The first-order chi connectivity index (χ1) is 15.2. The predicted octanol–water partition coefficient (Wildman–Crippen LogP) is 3.75. The van der Waals surface area contributed by atoms with E-state index in [9.17, 15) is 4.79 Å². The third kappa shape index (κ3) is 5.21. The number of hydrogen-bond donors (Lipinski definition) is 0. The molecule has 0 atom stereocenters. The summed E-state index contributed by atoms with van der Waals surface area (Å²) >= 11 is 9.23. The van der Waals surface area contributed by atoms with Crippen molar-refractivity contribution in [3.63, 3.8) is 0 Å². The van der Waals surface area contributed by atoms with E-state index in [2.05, 4.69) is 30.6 Å². The Balaban J connectivity index is 1.14. The first-order valence-electron chi connectivity index (χ1n) is 11.2. The van der Waals surface area contributed by atoms with Gasteiger partial charge < -0.3 is 9.80 Å². The van der Waals surface area contributed by atoms with Crippen LogP contribution in [0.15, 0.2) is 17.3 Å². The molecule has 3 aliphatic rings. The Morgan fingerprint density at radius 1 is 1.06 bits per heavy atom. The summed E-state index contributed by atoms with van der Waals surface area (Å²) in [4.78, 5) is 20.9. The molecular formula is C21H29ClN6OS2. The van der Waals surface area contributed by atoms with Crippen LogP contribution in [0.25, 0.3) is 0 Å². The van der Waals surface area contributed by atoms with E-state index >= 15 is 0 Å². The molecule has 4 heterocycles. The van der Waals surface area contributed by atoms with Crippen molar-refractivity contribution in [2.45, 2.75) is 49.8 Å². The monoisotopic (exact) mass is 480 g/mol. The number of rotatable bonds is 7. The van der Waals surface area contributed by atoms with Gasteiger partial charge >= 0.3 is 0 Å². The summed E-state index contributed by atoms with van der Waals surface area (Å²) in [5, 5.41) is 9.90. The van der Waals surface area contributed by atoms with Gasteiger partial charge in [0.2, 0.25) is 11.9 Å². The van der Waals surface area contributed by atoms with Crippen LogP contribution in [0.5, 0.6) is 0 Å². The Labute approximate surface area is 196 Å². The summed E-state index contributed by atoms with van der Waals surface area (Å²) in [7, 11) is 0. The minimum absolute atomic E-state index is 0.202. The van der Waals surface area contributed by atoms with E-state index in [1.807, 2.05) is 11.0 Å². The Kier molecular flexibility index (Phi) is 6.73. The van der Waals surface area contributed by atoms with Gasteiger partial charge in [0.15, 0.2) is 5.16 Å². The summed E-state index contributed by atoms with van der Waals surface area (Å²) in [6, 6.07) is 4.56. The third-order valence-electron chi connectivity index (χ3n) is 6.26. The molecule has 1 amide bonds. The quantitative estimate of drug-likeness (QED) is 0.562. The van der Waals surface area contributed by atoms with E-state index in [-0.39, 0.29) is 5.91 Å². The number of piperidine rings is 1. The Morgan fingerprint density at radius 2 is 1.84 bits per heavy atom. The molecule has 0 aromatic carbocycles. The number of thiophene rings is 1. The molecular weight excluding hydrogens is 452 g/mol. The van der Waals surface area contributed by atoms with Gasteiger partial charge in [0.05, 0.1) is 10.1 Å². The summed E-state index contributed by atoms with van der Waals surface area (Å²) in [6.45, 7) is 6.43. The number of aromatic nitrogens is 3. The van der Waals surface area contributed by atoms with Crippen molar-refractivity contribution < 1.29 is 4.79 Å². The normalized spacial score (nSPS) is 20.4. The maximum absolute atomic E-state index is 12.8. The highest BCUT2D eigenvalue weighted by Crippen LogP contribution is 2.41. The average Bonchev–Trinajstić information content (AvgIpc) is 3.42. The van der Waals surface area contributed by atoms with Gasteiger partial charge in [-0.25, -0.2) is 0 Å². The van der Waals surface area contributed by atoms with Crippen LogP contribution in [-0.2, 0) is 11.3 Å². The smallest absolute Gasteiger partial charge is 0.233 e. The lowest BCUT2D eigenvalue weighted by Crippen LogP contribution is -2.48. The molecule has 3 fully saturated rings. The molecule has 2 aliphatic heterocycles. The van der Waals surface area contributed by atoms with Gasteiger partial charge in [-0.3, -0.25) is 14.3 Å². The second-order valence-electron chi connectivity index (χ2n) is 8.58. The topological polar surface area (TPSA) is 57.5 Å². The number of hydrogen-bond acceptors (Lipinski definition) is 7.